The van der Waals surface area contributed by atoms with Crippen molar-refractivity contribution in [2.75, 3.05) is 20.2 Å². The lowest BCUT2D eigenvalue weighted by Crippen LogP contribution is -2.78. The molecule has 3 heteroatoms. The van der Waals surface area contributed by atoms with Gasteiger partial charge in [-0.3, -0.25) is 0 Å². The standard InChI is InChI=1S/C17H32N2O/c1-12-7-5-6-8-14(12)19(4)11-17(18)13-9-10-20-15(13)16(17,2)3/h12-15H,5-11,18H2,1-4H3. The second-order valence-electron chi connectivity index (χ2n) is 8.19. The van der Waals surface area contributed by atoms with Crippen LogP contribution in [0.3, 0.4) is 0 Å². The number of rotatable bonds is 3. The molecule has 3 fully saturated rings. The summed E-state index contributed by atoms with van der Waals surface area (Å²) in [6.45, 7) is 8.95. The molecule has 2 aliphatic carbocycles. The summed E-state index contributed by atoms with van der Waals surface area (Å²) in [5.41, 5.74) is 6.94. The molecule has 5 unspecified atom stereocenters. The van der Waals surface area contributed by atoms with Gasteiger partial charge in [0, 0.05) is 36.1 Å². The minimum absolute atomic E-state index is 0.0694. The first-order valence-electron chi connectivity index (χ1n) is 8.48. The molecule has 1 saturated heterocycles. The first-order valence-corrected chi connectivity index (χ1v) is 8.48. The Hall–Kier alpha value is -0.120. The fourth-order valence-corrected chi connectivity index (χ4v) is 5.28. The third-order valence-corrected chi connectivity index (χ3v) is 6.81. The zero-order valence-electron chi connectivity index (χ0n) is 13.7. The van der Waals surface area contributed by atoms with Crippen molar-refractivity contribution in [3.05, 3.63) is 0 Å². The van der Waals surface area contributed by atoms with Crippen LogP contribution in [-0.2, 0) is 4.74 Å². The molecule has 0 spiro atoms. The zero-order valence-corrected chi connectivity index (χ0v) is 13.7. The van der Waals surface area contributed by atoms with Crippen LogP contribution in [0, 0.1) is 17.3 Å². The van der Waals surface area contributed by atoms with Gasteiger partial charge in [-0.1, -0.05) is 33.6 Å². The van der Waals surface area contributed by atoms with Crippen molar-refractivity contribution < 1.29 is 4.74 Å². The molecule has 2 saturated carbocycles. The average molecular weight is 280 g/mol. The minimum atomic E-state index is -0.0694. The van der Waals surface area contributed by atoms with E-state index in [1.54, 1.807) is 0 Å². The predicted molar refractivity (Wildman–Crippen MR) is 82.6 cm³/mol. The SMILES string of the molecule is CC1CCCCC1N(C)CC1(N)C2CCOC2C1(C)C. The van der Waals surface area contributed by atoms with Crippen LogP contribution in [-0.4, -0.2) is 42.8 Å². The summed E-state index contributed by atoms with van der Waals surface area (Å²) in [5.74, 6) is 1.38. The maximum Gasteiger partial charge on any atom is 0.0691 e. The molecule has 3 nitrogen and oxygen atoms in total. The van der Waals surface area contributed by atoms with E-state index in [0.717, 1.165) is 31.5 Å². The van der Waals surface area contributed by atoms with Crippen molar-refractivity contribution in [3.63, 3.8) is 0 Å². The molecule has 116 valence electrons. The third kappa shape index (κ3) is 1.97. The lowest BCUT2D eigenvalue weighted by Gasteiger charge is -2.63. The Morgan fingerprint density at radius 1 is 1.20 bits per heavy atom. The number of ether oxygens (including phenoxy) is 1. The van der Waals surface area contributed by atoms with Gasteiger partial charge in [0.2, 0.25) is 0 Å². The molecular weight excluding hydrogens is 248 g/mol. The highest BCUT2D eigenvalue weighted by molar-refractivity contribution is 5.21. The Morgan fingerprint density at radius 3 is 2.60 bits per heavy atom. The van der Waals surface area contributed by atoms with Crippen LogP contribution in [0.4, 0.5) is 0 Å². The average Bonchev–Trinajstić information content (AvgIpc) is 2.87. The van der Waals surface area contributed by atoms with Gasteiger partial charge in [0.15, 0.2) is 0 Å². The molecule has 1 aliphatic heterocycles. The molecule has 3 rings (SSSR count). The third-order valence-electron chi connectivity index (χ3n) is 6.81. The van der Waals surface area contributed by atoms with Gasteiger partial charge in [-0.2, -0.15) is 0 Å². The summed E-state index contributed by atoms with van der Waals surface area (Å²) in [6, 6.07) is 0.723. The monoisotopic (exact) mass is 280 g/mol. The number of fused-ring (bicyclic) bond motifs is 1. The van der Waals surface area contributed by atoms with E-state index in [0.29, 0.717) is 12.0 Å². The van der Waals surface area contributed by atoms with Gasteiger partial charge < -0.3 is 15.4 Å². The fourth-order valence-electron chi connectivity index (χ4n) is 5.28. The van der Waals surface area contributed by atoms with E-state index in [2.05, 4.69) is 32.7 Å². The van der Waals surface area contributed by atoms with Crippen molar-refractivity contribution in [2.24, 2.45) is 23.0 Å². The van der Waals surface area contributed by atoms with E-state index in [1.807, 2.05) is 0 Å². The number of nitrogens with two attached hydrogens (primary N) is 1. The largest absolute Gasteiger partial charge is 0.377 e. The highest BCUT2D eigenvalue weighted by atomic mass is 16.5. The molecule has 20 heavy (non-hydrogen) atoms. The Bertz CT molecular complexity index is 370. The number of nitrogens with zero attached hydrogens (tertiary/aromatic N) is 1. The van der Waals surface area contributed by atoms with Crippen LogP contribution >= 0.6 is 0 Å². The fraction of sp³-hybridized carbons (Fsp3) is 1.00. The molecule has 0 amide bonds. The first kappa shape index (κ1) is 14.8. The van der Waals surface area contributed by atoms with Gasteiger partial charge in [0.05, 0.1) is 6.10 Å². The van der Waals surface area contributed by atoms with Crippen molar-refractivity contribution in [1.82, 2.24) is 4.90 Å². The molecular formula is C17H32N2O. The summed E-state index contributed by atoms with van der Waals surface area (Å²) in [6.07, 6.45) is 7.06. The van der Waals surface area contributed by atoms with Gasteiger partial charge in [0.1, 0.15) is 0 Å². The first-order chi connectivity index (χ1) is 9.38. The summed E-state index contributed by atoms with van der Waals surface area (Å²) in [4.78, 5) is 2.57. The van der Waals surface area contributed by atoms with Crippen LogP contribution < -0.4 is 5.73 Å². The van der Waals surface area contributed by atoms with Gasteiger partial charge in [0.25, 0.3) is 0 Å². The van der Waals surface area contributed by atoms with Crippen molar-refractivity contribution in [3.8, 4) is 0 Å². The lowest BCUT2D eigenvalue weighted by atomic mass is 9.48. The van der Waals surface area contributed by atoms with Crippen molar-refractivity contribution >= 4 is 0 Å². The van der Waals surface area contributed by atoms with Gasteiger partial charge in [-0.25, -0.2) is 0 Å². The number of hydrogen-bond acceptors (Lipinski definition) is 3. The Morgan fingerprint density at radius 2 is 1.90 bits per heavy atom. The maximum absolute atomic E-state index is 6.90. The van der Waals surface area contributed by atoms with E-state index in [1.165, 1.54) is 25.7 Å². The highest BCUT2D eigenvalue weighted by Gasteiger charge is 2.67. The summed E-state index contributed by atoms with van der Waals surface area (Å²) in [7, 11) is 2.29. The molecule has 0 bridgehead atoms. The number of hydrogen-bond donors (Lipinski definition) is 1. The van der Waals surface area contributed by atoms with E-state index in [-0.39, 0.29) is 11.0 Å². The highest BCUT2D eigenvalue weighted by Crippen LogP contribution is 2.58. The van der Waals surface area contributed by atoms with E-state index < -0.39 is 0 Å². The normalized spacial score (nSPS) is 47.1. The topological polar surface area (TPSA) is 38.5 Å². The molecule has 0 aromatic rings. The van der Waals surface area contributed by atoms with Crippen LogP contribution in [0.2, 0.25) is 0 Å². The summed E-state index contributed by atoms with van der Waals surface area (Å²) >= 11 is 0. The molecule has 0 aromatic heterocycles. The maximum atomic E-state index is 6.90. The van der Waals surface area contributed by atoms with E-state index >= 15 is 0 Å². The molecule has 0 aromatic carbocycles. The van der Waals surface area contributed by atoms with Gasteiger partial charge in [-0.05, 0) is 32.2 Å². The van der Waals surface area contributed by atoms with Gasteiger partial charge >= 0.3 is 0 Å². The summed E-state index contributed by atoms with van der Waals surface area (Å²) in [5, 5.41) is 0. The molecule has 2 N–H and O–H groups in total. The number of likely N-dealkylation sites (N-methyl/N-ethyl adjacent to an activating group) is 1. The predicted octanol–water partition coefficient (Wildman–Crippen LogP) is 2.64. The van der Waals surface area contributed by atoms with Crippen LogP contribution in [0.15, 0.2) is 0 Å². The Labute approximate surface area is 124 Å². The Balaban J connectivity index is 1.70. The van der Waals surface area contributed by atoms with Crippen LogP contribution in [0.5, 0.6) is 0 Å². The summed E-state index contributed by atoms with van der Waals surface area (Å²) < 4.78 is 5.91. The van der Waals surface area contributed by atoms with Crippen molar-refractivity contribution in [1.29, 1.82) is 0 Å². The van der Waals surface area contributed by atoms with Gasteiger partial charge in [-0.15, -0.1) is 0 Å². The minimum Gasteiger partial charge on any atom is -0.377 e. The lowest BCUT2D eigenvalue weighted by molar-refractivity contribution is -0.165. The van der Waals surface area contributed by atoms with Crippen molar-refractivity contribution in [2.45, 2.75) is 70.6 Å². The quantitative estimate of drug-likeness (QED) is 0.864. The molecule has 1 heterocycles. The second-order valence-corrected chi connectivity index (χ2v) is 8.19. The second kappa shape index (κ2) is 4.96. The molecule has 5 atom stereocenters. The molecule has 3 aliphatic rings. The zero-order chi connectivity index (χ0) is 14.5. The van der Waals surface area contributed by atoms with E-state index in [9.17, 15) is 0 Å². The van der Waals surface area contributed by atoms with Crippen LogP contribution in [0.25, 0.3) is 0 Å². The molecule has 0 radical (unpaired) electrons. The Kier molecular flexibility index (Phi) is 3.67. The van der Waals surface area contributed by atoms with E-state index in [4.69, 9.17) is 10.5 Å². The smallest absolute Gasteiger partial charge is 0.0691 e. The van der Waals surface area contributed by atoms with Crippen LogP contribution in [0.1, 0.15) is 52.9 Å².